The molecule has 0 unspecified atom stereocenters. The van der Waals surface area contributed by atoms with Gasteiger partial charge in [-0.1, -0.05) is 26.0 Å². The minimum Gasteiger partial charge on any atom is -0.347 e. The molecule has 0 radical (unpaired) electrons. The first-order valence-electron chi connectivity index (χ1n) is 9.47. The fraction of sp³-hybridized carbons (Fsp3) is 0.273. The predicted octanol–water partition coefficient (Wildman–Crippen LogP) is 4.23. The quantitative estimate of drug-likeness (QED) is 0.613. The molecule has 6 nitrogen and oxygen atoms in total. The number of benzene rings is 1. The summed E-state index contributed by atoms with van der Waals surface area (Å²) in [6.45, 7) is 6.51. The highest BCUT2D eigenvalue weighted by Crippen LogP contribution is 2.21. The summed E-state index contributed by atoms with van der Waals surface area (Å²) in [5, 5.41) is 6.80. The van der Waals surface area contributed by atoms with Crippen molar-refractivity contribution in [2.45, 2.75) is 33.7 Å². The van der Waals surface area contributed by atoms with Crippen LogP contribution < -0.4 is 10.6 Å². The lowest BCUT2D eigenvalue weighted by molar-refractivity contribution is 0.0953. The Balaban J connectivity index is 1.61. The summed E-state index contributed by atoms with van der Waals surface area (Å²) in [5.41, 5.74) is 2.88. The fourth-order valence-corrected chi connectivity index (χ4v) is 4.02. The van der Waals surface area contributed by atoms with Crippen molar-refractivity contribution in [1.82, 2.24) is 15.3 Å². The van der Waals surface area contributed by atoms with E-state index in [-0.39, 0.29) is 11.8 Å². The number of nitrogens with one attached hydrogen (secondary N) is 2. The van der Waals surface area contributed by atoms with Crippen molar-refractivity contribution in [2.24, 2.45) is 5.92 Å². The average molecular weight is 409 g/mol. The Morgan fingerprint density at radius 3 is 2.59 bits per heavy atom. The molecule has 7 heteroatoms. The van der Waals surface area contributed by atoms with Crippen LogP contribution in [0, 0.1) is 12.8 Å². The summed E-state index contributed by atoms with van der Waals surface area (Å²) in [6.07, 6.45) is 4.03. The van der Waals surface area contributed by atoms with Gasteiger partial charge in [0.25, 0.3) is 11.8 Å². The van der Waals surface area contributed by atoms with Crippen molar-refractivity contribution in [3.63, 3.8) is 0 Å². The van der Waals surface area contributed by atoms with Crippen LogP contribution in [0.4, 0.5) is 5.69 Å². The summed E-state index contributed by atoms with van der Waals surface area (Å²) >= 11 is 1.46. The maximum absolute atomic E-state index is 12.6. The van der Waals surface area contributed by atoms with E-state index in [0.717, 1.165) is 22.7 Å². The number of hydrogen-bond acceptors (Lipinski definition) is 5. The van der Waals surface area contributed by atoms with Gasteiger partial charge in [-0.15, -0.1) is 11.3 Å². The van der Waals surface area contributed by atoms with Crippen molar-refractivity contribution in [1.29, 1.82) is 0 Å². The van der Waals surface area contributed by atoms with Crippen LogP contribution in [-0.2, 0) is 13.0 Å². The lowest BCUT2D eigenvalue weighted by Gasteiger charge is -2.08. The van der Waals surface area contributed by atoms with Gasteiger partial charge >= 0.3 is 0 Å². The molecule has 1 aromatic carbocycles. The van der Waals surface area contributed by atoms with E-state index in [4.69, 9.17) is 0 Å². The lowest BCUT2D eigenvalue weighted by atomic mass is 10.1. The molecular weight excluding hydrogens is 384 g/mol. The Morgan fingerprint density at radius 1 is 1.10 bits per heavy atom. The Morgan fingerprint density at radius 2 is 1.86 bits per heavy atom. The zero-order chi connectivity index (χ0) is 20.8. The number of hydrogen-bond donors (Lipinski definition) is 2. The van der Waals surface area contributed by atoms with Crippen LogP contribution in [-0.4, -0.2) is 21.8 Å². The first-order valence-corrected chi connectivity index (χ1v) is 10.3. The van der Waals surface area contributed by atoms with Gasteiger partial charge in [0.2, 0.25) is 0 Å². The topological polar surface area (TPSA) is 84.0 Å². The van der Waals surface area contributed by atoms with Gasteiger partial charge in [0.1, 0.15) is 4.88 Å². The van der Waals surface area contributed by atoms with Crippen molar-refractivity contribution in [3.8, 4) is 0 Å². The Bertz CT molecular complexity index is 999. The summed E-state index contributed by atoms with van der Waals surface area (Å²) < 4.78 is 0. The van der Waals surface area contributed by atoms with Crippen molar-refractivity contribution in [3.05, 3.63) is 75.5 Å². The molecule has 0 aliphatic rings. The number of carbonyl (C=O) groups excluding carboxylic acids is 2. The van der Waals surface area contributed by atoms with E-state index in [0.29, 0.717) is 28.6 Å². The number of pyridine rings is 1. The highest BCUT2D eigenvalue weighted by molar-refractivity contribution is 7.13. The predicted molar refractivity (Wildman–Crippen MR) is 115 cm³/mol. The second-order valence-electron chi connectivity index (χ2n) is 7.19. The van der Waals surface area contributed by atoms with Crippen LogP contribution in [0.15, 0.2) is 48.8 Å². The number of thiazole rings is 1. The number of carbonyl (C=O) groups is 2. The number of aromatic nitrogens is 2. The van der Waals surface area contributed by atoms with Gasteiger partial charge < -0.3 is 10.6 Å². The maximum Gasteiger partial charge on any atom is 0.263 e. The summed E-state index contributed by atoms with van der Waals surface area (Å²) in [5.74, 6) is 0.175. The first-order chi connectivity index (χ1) is 13.9. The van der Waals surface area contributed by atoms with Crippen LogP contribution in [0.3, 0.4) is 0 Å². The van der Waals surface area contributed by atoms with E-state index in [1.165, 1.54) is 11.3 Å². The van der Waals surface area contributed by atoms with Gasteiger partial charge in [-0.05, 0) is 42.7 Å². The van der Waals surface area contributed by atoms with Gasteiger partial charge in [0, 0.05) is 36.6 Å². The van der Waals surface area contributed by atoms with Crippen LogP contribution in [0.1, 0.15) is 50.1 Å². The molecule has 0 saturated heterocycles. The van der Waals surface area contributed by atoms with Crippen molar-refractivity contribution < 1.29 is 9.59 Å². The van der Waals surface area contributed by atoms with Crippen molar-refractivity contribution >= 4 is 28.8 Å². The van der Waals surface area contributed by atoms with Crippen LogP contribution >= 0.6 is 11.3 Å². The second kappa shape index (κ2) is 9.43. The first kappa shape index (κ1) is 20.7. The summed E-state index contributed by atoms with van der Waals surface area (Å²) in [6, 6.07) is 10.7. The van der Waals surface area contributed by atoms with Gasteiger partial charge in [-0.25, -0.2) is 4.98 Å². The molecule has 0 bridgehead atoms. The monoisotopic (exact) mass is 408 g/mol. The third-order valence-corrected chi connectivity index (χ3v) is 5.39. The fourth-order valence-electron chi connectivity index (χ4n) is 2.83. The molecular formula is C22H24N4O2S. The van der Waals surface area contributed by atoms with Gasteiger partial charge in [0.05, 0.1) is 10.7 Å². The molecule has 0 aliphatic heterocycles. The Hall–Kier alpha value is -3.06. The largest absolute Gasteiger partial charge is 0.347 e. The number of anilines is 1. The molecule has 3 rings (SSSR count). The molecule has 150 valence electrons. The summed E-state index contributed by atoms with van der Waals surface area (Å²) in [7, 11) is 0. The molecule has 2 N–H and O–H groups in total. The third kappa shape index (κ3) is 5.71. The number of rotatable bonds is 7. The van der Waals surface area contributed by atoms with E-state index in [9.17, 15) is 9.59 Å². The van der Waals surface area contributed by atoms with E-state index in [2.05, 4.69) is 34.4 Å². The van der Waals surface area contributed by atoms with Gasteiger partial charge in [-0.2, -0.15) is 0 Å². The maximum atomic E-state index is 12.6. The third-order valence-electron chi connectivity index (χ3n) is 4.21. The van der Waals surface area contributed by atoms with Gasteiger partial charge in [0.15, 0.2) is 0 Å². The number of nitrogens with zero attached hydrogens (tertiary/aromatic N) is 2. The standard InChI is InChI=1S/C22H24N4O2S/c1-14(2)11-19-25-15(3)20(29-19)22(28)24-13-16-5-4-6-18(12-16)26-21(27)17-7-9-23-10-8-17/h4-10,12,14H,11,13H2,1-3H3,(H,24,28)(H,26,27). The molecule has 2 amide bonds. The zero-order valence-corrected chi connectivity index (χ0v) is 17.5. The smallest absolute Gasteiger partial charge is 0.263 e. The molecule has 3 aromatic rings. The van der Waals surface area contributed by atoms with Crippen LogP contribution in [0.25, 0.3) is 0 Å². The Labute approximate surface area is 174 Å². The minimum absolute atomic E-state index is 0.124. The van der Waals surface area contributed by atoms with Crippen LogP contribution in [0.2, 0.25) is 0 Å². The SMILES string of the molecule is Cc1nc(CC(C)C)sc1C(=O)NCc1cccc(NC(=O)c2ccncc2)c1. The molecule has 2 heterocycles. The second-order valence-corrected chi connectivity index (χ2v) is 8.28. The lowest BCUT2D eigenvalue weighted by Crippen LogP contribution is -2.22. The normalized spacial score (nSPS) is 10.8. The minimum atomic E-state index is -0.202. The summed E-state index contributed by atoms with van der Waals surface area (Å²) in [4.78, 5) is 33.9. The van der Waals surface area contributed by atoms with Gasteiger partial charge in [-0.3, -0.25) is 14.6 Å². The molecule has 0 saturated carbocycles. The molecule has 0 fully saturated rings. The highest BCUT2D eigenvalue weighted by Gasteiger charge is 2.16. The average Bonchev–Trinajstić information content (AvgIpc) is 3.06. The number of aryl methyl sites for hydroxylation is 1. The molecule has 0 spiro atoms. The molecule has 0 atom stereocenters. The van der Waals surface area contributed by atoms with Crippen molar-refractivity contribution in [2.75, 3.05) is 5.32 Å². The van der Waals surface area contributed by atoms with E-state index >= 15 is 0 Å². The Kier molecular flexibility index (Phi) is 6.72. The van der Waals surface area contributed by atoms with E-state index in [1.54, 1.807) is 24.5 Å². The molecule has 2 aromatic heterocycles. The number of amides is 2. The van der Waals surface area contributed by atoms with Crippen LogP contribution in [0.5, 0.6) is 0 Å². The van der Waals surface area contributed by atoms with E-state index < -0.39 is 0 Å². The molecule has 29 heavy (non-hydrogen) atoms. The molecule has 0 aliphatic carbocycles. The zero-order valence-electron chi connectivity index (χ0n) is 16.7. The van der Waals surface area contributed by atoms with E-state index in [1.807, 2.05) is 31.2 Å². The highest BCUT2D eigenvalue weighted by atomic mass is 32.1.